The van der Waals surface area contributed by atoms with E-state index in [0.717, 1.165) is 18.2 Å². The summed E-state index contributed by atoms with van der Waals surface area (Å²) in [6, 6.07) is 3.72. The van der Waals surface area contributed by atoms with E-state index < -0.39 is 6.10 Å². The van der Waals surface area contributed by atoms with Gasteiger partial charge in [-0.05, 0) is 18.6 Å². The Balaban J connectivity index is 1.68. The van der Waals surface area contributed by atoms with E-state index in [1.807, 2.05) is 7.05 Å². The van der Waals surface area contributed by atoms with Crippen LogP contribution in [0, 0.1) is 0 Å². The van der Waals surface area contributed by atoms with Gasteiger partial charge in [-0.15, -0.1) is 10.2 Å². The lowest BCUT2D eigenvalue weighted by Gasteiger charge is -2.36. The summed E-state index contributed by atoms with van der Waals surface area (Å²) < 4.78 is 13.0. The van der Waals surface area contributed by atoms with Gasteiger partial charge in [0.25, 0.3) is 0 Å². The minimum atomic E-state index is -0.625. The quantitative estimate of drug-likeness (QED) is 0.869. The molecule has 2 aromatic heterocycles. The Morgan fingerprint density at radius 3 is 2.88 bits per heavy atom. The zero-order valence-electron chi connectivity index (χ0n) is 14.6. The molecule has 2 aromatic rings. The fourth-order valence-corrected chi connectivity index (χ4v) is 3.17. The lowest BCUT2D eigenvalue weighted by atomic mass is 10.1. The molecule has 0 bridgehead atoms. The summed E-state index contributed by atoms with van der Waals surface area (Å²) in [5.41, 5.74) is 0. The summed E-state index contributed by atoms with van der Waals surface area (Å²) in [5.74, 6) is 2.88. The molecule has 7 nitrogen and oxygen atoms in total. The van der Waals surface area contributed by atoms with Gasteiger partial charge in [0.2, 0.25) is 0 Å². The van der Waals surface area contributed by atoms with E-state index in [0.29, 0.717) is 37.9 Å². The van der Waals surface area contributed by atoms with Crippen LogP contribution in [0.25, 0.3) is 0 Å². The maximum Gasteiger partial charge on any atom is 0.146 e. The van der Waals surface area contributed by atoms with E-state index in [4.69, 9.17) is 9.15 Å². The van der Waals surface area contributed by atoms with Crippen LogP contribution in [0.2, 0.25) is 0 Å². The number of aliphatic hydroxyl groups excluding tert-OH is 1. The van der Waals surface area contributed by atoms with Gasteiger partial charge in [0.05, 0.1) is 26.0 Å². The summed E-state index contributed by atoms with van der Waals surface area (Å²) in [6.07, 6.45) is 1.53. The smallest absolute Gasteiger partial charge is 0.146 e. The topological polar surface area (TPSA) is 76.6 Å². The highest BCUT2D eigenvalue weighted by atomic mass is 16.5. The van der Waals surface area contributed by atoms with Crippen molar-refractivity contribution >= 4 is 0 Å². The van der Waals surface area contributed by atoms with E-state index in [2.05, 4.69) is 33.5 Å². The number of hydrogen-bond acceptors (Lipinski definition) is 6. The SMILES string of the molecule is CC(C)c1nnc(CN2CCOCC2CC(O)c2ccco2)n1C. The minimum absolute atomic E-state index is 0.123. The molecule has 132 valence electrons. The van der Waals surface area contributed by atoms with E-state index in [-0.39, 0.29) is 6.04 Å². The first-order valence-corrected chi connectivity index (χ1v) is 8.47. The molecule has 1 aliphatic heterocycles. The molecule has 3 rings (SSSR count). The van der Waals surface area contributed by atoms with E-state index >= 15 is 0 Å². The Hall–Kier alpha value is -1.70. The van der Waals surface area contributed by atoms with Crippen LogP contribution in [0.15, 0.2) is 22.8 Å². The summed E-state index contributed by atoms with van der Waals surface area (Å²) in [7, 11) is 2.01. The number of morpholine rings is 1. The summed E-state index contributed by atoms with van der Waals surface area (Å²) in [6.45, 7) is 7.06. The Morgan fingerprint density at radius 2 is 2.21 bits per heavy atom. The van der Waals surface area contributed by atoms with Crippen LogP contribution in [0.1, 0.15) is 49.7 Å². The highest BCUT2D eigenvalue weighted by Crippen LogP contribution is 2.24. The van der Waals surface area contributed by atoms with Crippen molar-refractivity contribution < 1.29 is 14.3 Å². The van der Waals surface area contributed by atoms with Crippen molar-refractivity contribution in [2.75, 3.05) is 19.8 Å². The molecule has 0 spiro atoms. The predicted molar refractivity (Wildman–Crippen MR) is 88.4 cm³/mol. The van der Waals surface area contributed by atoms with Crippen LogP contribution in [0.3, 0.4) is 0 Å². The Labute approximate surface area is 142 Å². The third kappa shape index (κ3) is 3.68. The van der Waals surface area contributed by atoms with Gasteiger partial charge in [-0.3, -0.25) is 4.90 Å². The molecule has 0 aromatic carbocycles. The highest BCUT2D eigenvalue weighted by Gasteiger charge is 2.28. The maximum absolute atomic E-state index is 10.4. The number of furan rings is 1. The molecule has 1 saturated heterocycles. The van der Waals surface area contributed by atoms with Crippen molar-refractivity contribution in [3.05, 3.63) is 35.8 Å². The lowest BCUT2D eigenvalue weighted by molar-refractivity contribution is -0.0336. The Morgan fingerprint density at radius 1 is 1.38 bits per heavy atom. The van der Waals surface area contributed by atoms with Gasteiger partial charge >= 0.3 is 0 Å². The number of aliphatic hydroxyl groups is 1. The fourth-order valence-electron chi connectivity index (χ4n) is 3.17. The standard InChI is InChI=1S/C17H26N4O3/c1-12(2)17-19-18-16(20(17)3)10-21-6-8-23-11-13(21)9-14(22)15-5-4-7-24-15/h4-5,7,12-14,22H,6,8-11H2,1-3H3. The first kappa shape index (κ1) is 17.1. The predicted octanol–water partition coefficient (Wildman–Crippen LogP) is 1.86. The van der Waals surface area contributed by atoms with Crippen LogP contribution in [-0.2, 0) is 18.3 Å². The molecule has 7 heteroatoms. The summed E-state index contributed by atoms with van der Waals surface area (Å²) >= 11 is 0. The highest BCUT2D eigenvalue weighted by molar-refractivity contribution is 5.03. The van der Waals surface area contributed by atoms with Crippen molar-refractivity contribution in [1.82, 2.24) is 19.7 Å². The molecule has 0 saturated carbocycles. The lowest BCUT2D eigenvalue weighted by Crippen LogP contribution is -2.46. The largest absolute Gasteiger partial charge is 0.467 e. The van der Waals surface area contributed by atoms with Crippen LogP contribution >= 0.6 is 0 Å². The second-order valence-electron chi connectivity index (χ2n) is 6.65. The van der Waals surface area contributed by atoms with Gasteiger partial charge in [0.1, 0.15) is 23.5 Å². The molecule has 1 aliphatic rings. The van der Waals surface area contributed by atoms with Gasteiger partial charge in [-0.25, -0.2) is 0 Å². The molecule has 2 unspecified atom stereocenters. The number of aromatic nitrogens is 3. The normalized spacial score (nSPS) is 20.6. The molecule has 0 aliphatic carbocycles. The minimum Gasteiger partial charge on any atom is -0.467 e. The van der Waals surface area contributed by atoms with Gasteiger partial charge in [-0.2, -0.15) is 0 Å². The van der Waals surface area contributed by atoms with Crippen LogP contribution < -0.4 is 0 Å². The third-order valence-electron chi connectivity index (χ3n) is 4.58. The van der Waals surface area contributed by atoms with Gasteiger partial charge in [0, 0.05) is 25.6 Å². The number of hydrogen-bond donors (Lipinski definition) is 1. The van der Waals surface area contributed by atoms with Crippen molar-refractivity contribution in [3.63, 3.8) is 0 Å². The summed E-state index contributed by atoms with van der Waals surface area (Å²) in [4.78, 5) is 2.31. The Kier molecular flexibility index (Phi) is 5.33. The molecule has 0 amide bonds. The molecular formula is C17H26N4O3. The van der Waals surface area contributed by atoms with Gasteiger partial charge < -0.3 is 18.8 Å². The average molecular weight is 334 g/mol. The monoisotopic (exact) mass is 334 g/mol. The van der Waals surface area contributed by atoms with Crippen LogP contribution in [0.4, 0.5) is 0 Å². The molecule has 0 radical (unpaired) electrons. The van der Waals surface area contributed by atoms with Crippen molar-refractivity contribution in [1.29, 1.82) is 0 Å². The molecule has 24 heavy (non-hydrogen) atoms. The molecule has 1 N–H and O–H groups in total. The van der Waals surface area contributed by atoms with Crippen LogP contribution in [0.5, 0.6) is 0 Å². The number of rotatable bonds is 6. The number of ether oxygens (including phenoxy) is 1. The zero-order chi connectivity index (χ0) is 17.1. The first-order chi connectivity index (χ1) is 11.6. The summed E-state index contributed by atoms with van der Waals surface area (Å²) in [5, 5.41) is 19.0. The van der Waals surface area contributed by atoms with Crippen molar-refractivity contribution in [2.24, 2.45) is 7.05 Å². The molecule has 3 heterocycles. The third-order valence-corrected chi connectivity index (χ3v) is 4.58. The molecular weight excluding hydrogens is 308 g/mol. The molecule has 1 fully saturated rings. The second kappa shape index (κ2) is 7.46. The molecule has 2 atom stereocenters. The zero-order valence-corrected chi connectivity index (χ0v) is 14.6. The van der Waals surface area contributed by atoms with Gasteiger partial charge in [-0.1, -0.05) is 13.8 Å². The van der Waals surface area contributed by atoms with Crippen LogP contribution in [-0.4, -0.2) is 50.6 Å². The first-order valence-electron chi connectivity index (χ1n) is 8.47. The Bertz CT molecular complexity index is 638. The fraction of sp³-hybridized carbons (Fsp3) is 0.647. The number of nitrogens with zero attached hydrogens (tertiary/aromatic N) is 4. The average Bonchev–Trinajstić information content (AvgIpc) is 3.20. The van der Waals surface area contributed by atoms with E-state index in [9.17, 15) is 5.11 Å². The van der Waals surface area contributed by atoms with E-state index in [1.54, 1.807) is 18.4 Å². The van der Waals surface area contributed by atoms with Gasteiger partial charge in [0.15, 0.2) is 0 Å². The maximum atomic E-state index is 10.4. The van der Waals surface area contributed by atoms with Crippen molar-refractivity contribution in [2.45, 2.75) is 44.9 Å². The van der Waals surface area contributed by atoms with Crippen molar-refractivity contribution in [3.8, 4) is 0 Å². The second-order valence-corrected chi connectivity index (χ2v) is 6.65. The van der Waals surface area contributed by atoms with E-state index in [1.165, 1.54) is 0 Å².